The lowest BCUT2D eigenvalue weighted by molar-refractivity contribution is -0.183. The Morgan fingerprint density at radius 3 is 2.47 bits per heavy atom. The van der Waals surface area contributed by atoms with Crippen molar-refractivity contribution in [3.05, 3.63) is 41.2 Å². The van der Waals surface area contributed by atoms with Gasteiger partial charge in [0.2, 0.25) is 0 Å². The van der Waals surface area contributed by atoms with Crippen molar-refractivity contribution in [1.82, 2.24) is 15.1 Å². The maximum Gasteiger partial charge on any atom is 0.148 e. The van der Waals surface area contributed by atoms with Crippen LogP contribution in [0.5, 0.6) is 0 Å². The molecular weight excluding hydrogens is 403 g/mol. The maximum absolute atomic E-state index is 13.5. The average molecular weight is 429 g/mol. The maximum atomic E-state index is 13.5. The number of fused-ring (bicyclic) bond motifs is 1. The molecule has 4 fully saturated rings. The normalized spacial score (nSPS) is 30.1. The van der Waals surface area contributed by atoms with Crippen molar-refractivity contribution in [3.63, 3.8) is 0 Å². The molecule has 1 N–H and O–H groups in total. The van der Waals surface area contributed by atoms with Gasteiger partial charge in [-0.2, -0.15) is 0 Å². The zero-order valence-corrected chi connectivity index (χ0v) is 17.6. The minimum atomic E-state index is -0.331. The molecule has 2 aliphatic heterocycles. The van der Waals surface area contributed by atoms with Crippen LogP contribution in [0.2, 0.25) is 5.02 Å². The molecule has 1 aromatic heterocycles. The molecular formula is C23H26ClFN4O. The van der Waals surface area contributed by atoms with Crippen molar-refractivity contribution in [2.75, 3.05) is 31.6 Å². The largest absolute Gasteiger partial charge is 0.380 e. The van der Waals surface area contributed by atoms with Crippen molar-refractivity contribution in [3.8, 4) is 11.3 Å². The van der Waals surface area contributed by atoms with E-state index in [-0.39, 0.29) is 5.82 Å². The highest BCUT2D eigenvalue weighted by molar-refractivity contribution is 6.33. The van der Waals surface area contributed by atoms with Gasteiger partial charge >= 0.3 is 0 Å². The second-order valence-corrected chi connectivity index (χ2v) is 10.2. The van der Waals surface area contributed by atoms with E-state index >= 15 is 0 Å². The van der Waals surface area contributed by atoms with E-state index in [0.717, 1.165) is 36.9 Å². The SMILES string of the molecule is Fc1ccc(Cl)c(-c2ccc(N[C@H]3C[C@@H]4CN(C5CC6(COC6)C5)C[C@@H]4C3)nn2)c1. The molecule has 2 saturated carbocycles. The molecule has 0 bridgehead atoms. The molecule has 3 heterocycles. The Hall–Kier alpha value is -1.76. The van der Waals surface area contributed by atoms with Crippen LogP contribution in [-0.4, -0.2) is 53.5 Å². The lowest BCUT2D eigenvalue weighted by atomic mass is 9.63. The third-order valence-electron chi connectivity index (χ3n) is 7.67. The van der Waals surface area contributed by atoms with E-state index in [2.05, 4.69) is 20.4 Å². The number of hydrogen-bond donors (Lipinski definition) is 1. The van der Waals surface area contributed by atoms with Crippen LogP contribution in [-0.2, 0) is 4.74 Å². The van der Waals surface area contributed by atoms with Crippen LogP contribution in [0.15, 0.2) is 30.3 Å². The number of nitrogens with one attached hydrogen (secondary N) is 1. The first-order valence-electron chi connectivity index (χ1n) is 10.9. The second-order valence-electron chi connectivity index (χ2n) is 9.77. The van der Waals surface area contributed by atoms with Crippen molar-refractivity contribution < 1.29 is 9.13 Å². The van der Waals surface area contributed by atoms with Gasteiger partial charge in [-0.3, -0.25) is 4.90 Å². The third-order valence-corrected chi connectivity index (χ3v) is 8.00. The summed E-state index contributed by atoms with van der Waals surface area (Å²) in [6, 6.07) is 9.29. The van der Waals surface area contributed by atoms with Crippen LogP contribution in [0.25, 0.3) is 11.3 Å². The molecule has 6 rings (SSSR count). The summed E-state index contributed by atoms with van der Waals surface area (Å²) >= 11 is 6.18. The van der Waals surface area contributed by atoms with Crippen LogP contribution in [0, 0.1) is 23.1 Å². The van der Waals surface area contributed by atoms with Gasteiger partial charge in [0.1, 0.15) is 11.6 Å². The summed E-state index contributed by atoms with van der Waals surface area (Å²) in [4.78, 5) is 2.74. The van der Waals surface area contributed by atoms with Crippen LogP contribution >= 0.6 is 11.6 Å². The molecule has 2 aliphatic carbocycles. The molecule has 4 aliphatic rings. The number of rotatable bonds is 4. The Balaban J connectivity index is 1.04. The average Bonchev–Trinajstić information content (AvgIpc) is 3.21. The van der Waals surface area contributed by atoms with Crippen LogP contribution in [0.3, 0.4) is 0 Å². The quantitative estimate of drug-likeness (QED) is 0.789. The van der Waals surface area contributed by atoms with Gasteiger partial charge in [0, 0.05) is 36.2 Å². The molecule has 2 aromatic rings. The first-order valence-corrected chi connectivity index (χ1v) is 11.3. The Labute approximate surface area is 181 Å². The zero-order valence-electron chi connectivity index (χ0n) is 16.9. The Morgan fingerprint density at radius 1 is 1.07 bits per heavy atom. The van der Waals surface area contributed by atoms with Crippen molar-refractivity contribution in [1.29, 1.82) is 0 Å². The second kappa shape index (κ2) is 7.14. The van der Waals surface area contributed by atoms with Gasteiger partial charge in [-0.1, -0.05) is 11.6 Å². The number of halogens is 2. The molecule has 158 valence electrons. The predicted molar refractivity (Wildman–Crippen MR) is 114 cm³/mol. The highest BCUT2D eigenvalue weighted by Gasteiger charge is 2.53. The van der Waals surface area contributed by atoms with Gasteiger partial charge < -0.3 is 10.1 Å². The summed E-state index contributed by atoms with van der Waals surface area (Å²) in [7, 11) is 0. The molecule has 5 nitrogen and oxygen atoms in total. The van der Waals surface area contributed by atoms with Gasteiger partial charge in [0.15, 0.2) is 0 Å². The molecule has 0 amide bonds. The van der Waals surface area contributed by atoms with E-state index < -0.39 is 0 Å². The predicted octanol–water partition coefficient (Wildman–Crippen LogP) is 4.24. The lowest BCUT2D eigenvalue weighted by Gasteiger charge is -2.55. The minimum absolute atomic E-state index is 0.331. The summed E-state index contributed by atoms with van der Waals surface area (Å²) < 4.78 is 18.9. The van der Waals surface area contributed by atoms with E-state index in [1.165, 1.54) is 50.9 Å². The highest BCUT2D eigenvalue weighted by atomic mass is 35.5. The molecule has 0 unspecified atom stereocenters. The van der Waals surface area contributed by atoms with Crippen LogP contribution < -0.4 is 5.32 Å². The number of anilines is 1. The van der Waals surface area contributed by atoms with Gasteiger partial charge in [-0.15, -0.1) is 10.2 Å². The Bertz CT molecular complexity index is 929. The standard InChI is InChI=1S/C23H26ClFN4O/c24-20-2-1-16(25)7-19(20)21-3-4-22(28-27-21)26-17-5-14-10-29(11-15(14)6-17)18-8-23(9-18)12-30-13-23/h1-4,7,14-15,17-18H,5-6,8-13H2,(H,26,28)/t14-,15+,17+. The smallest absolute Gasteiger partial charge is 0.148 e. The van der Waals surface area contributed by atoms with E-state index in [4.69, 9.17) is 16.3 Å². The van der Waals surface area contributed by atoms with Crippen molar-refractivity contribution in [2.24, 2.45) is 17.3 Å². The fraction of sp³-hybridized carbons (Fsp3) is 0.565. The summed E-state index contributed by atoms with van der Waals surface area (Å²) in [5.41, 5.74) is 1.70. The number of ether oxygens (including phenoxy) is 1. The van der Waals surface area contributed by atoms with Gasteiger partial charge in [0.25, 0.3) is 0 Å². The molecule has 1 spiro atoms. The number of hydrogen-bond acceptors (Lipinski definition) is 5. The van der Waals surface area contributed by atoms with Crippen molar-refractivity contribution in [2.45, 2.75) is 37.8 Å². The Morgan fingerprint density at radius 2 is 1.83 bits per heavy atom. The van der Waals surface area contributed by atoms with Gasteiger partial charge in [-0.05, 0) is 67.9 Å². The zero-order chi connectivity index (χ0) is 20.3. The Kier molecular flexibility index (Phi) is 4.52. The number of likely N-dealkylation sites (tertiary alicyclic amines) is 1. The molecule has 30 heavy (non-hydrogen) atoms. The van der Waals surface area contributed by atoms with E-state index in [0.29, 0.717) is 27.7 Å². The number of nitrogens with zero attached hydrogens (tertiary/aromatic N) is 3. The summed E-state index contributed by atoms with van der Waals surface area (Å²) in [6.45, 7) is 4.46. The van der Waals surface area contributed by atoms with E-state index in [9.17, 15) is 4.39 Å². The van der Waals surface area contributed by atoms with Gasteiger partial charge in [-0.25, -0.2) is 4.39 Å². The first kappa shape index (κ1) is 19.0. The third kappa shape index (κ3) is 3.29. The fourth-order valence-electron chi connectivity index (χ4n) is 6.03. The summed E-state index contributed by atoms with van der Waals surface area (Å²) in [5, 5.41) is 12.6. The number of aromatic nitrogens is 2. The van der Waals surface area contributed by atoms with Crippen LogP contribution in [0.4, 0.5) is 10.2 Å². The van der Waals surface area contributed by atoms with Crippen LogP contribution in [0.1, 0.15) is 25.7 Å². The fourth-order valence-corrected chi connectivity index (χ4v) is 6.25. The van der Waals surface area contributed by atoms with E-state index in [1.807, 2.05) is 12.1 Å². The molecule has 0 radical (unpaired) electrons. The molecule has 1 aromatic carbocycles. The highest BCUT2D eigenvalue weighted by Crippen LogP contribution is 2.51. The number of benzene rings is 1. The topological polar surface area (TPSA) is 50.3 Å². The first-order chi connectivity index (χ1) is 14.6. The van der Waals surface area contributed by atoms with Gasteiger partial charge in [0.05, 0.1) is 23.9 Å². The minimum Gasteiger partial charge on any atom is -0.380 e. The lowest BCUT2D eigenvalue weighted by Crippen LogP contribution is -2.59. The summed E-state index contributed by atoms with van der Waals surface area (Å²) in [6.07, 6.45) is 5.07. The molecule has 3 atom stereocenters. The van der Waals surface area contributed by atoms with Crippen molar-refractivity contribution >= 4 is 17.4 Å². The monoisotopic (exact) mass is 428 g/mol. The summed E-state index contributed by atoms with van der Waals surface area (Å²) in [5.74, 6) is 2.02. The molecule has 7 heteroatoms. The van der Waals surface area contributed by atoms with E-state index in [1.54, 1.807) is 6.07 Å². The molecule has 2 saturated heterocycles.